The lowest BCUT2D eigenvalue weighted by molar-refractivity contribution is -0.898. The van der Waals surface area contributed by atoms with Gasteiger partial charge < -0.3 is 25.8 Å². The van der Waals surface area contributed by atoms with E-state index in [1.54, 1.807) is 29.2 Å². The fraction of sp³-hybridized carbons (Fsp3) is 0.391. The Hall–Kier alpha value is -3.06. The molecule has 30 heavy (non-hydrogen) atoms. The predicted octanol–water partition coefficient (Wildman–Crippen LogP) is 1.81. The van der Waals surface area contributed by atoms with Crippen molar-refractivity contribution in [1.29, 1.82) is 0 Å². The third kappa shape index (κ3) is 5.97. The van der Waals surface area contributed by atoms with Crippen molar-refractivity contribution in [3.05, 3.63) is 48.5 Å². The number of nitrogens with one attached hydrogen (secondary N) is 4. The number of benzene rings is 2. The summed E-state index contributed by atoms with van der Waals surface area (Å²) in [5.41, 5.74) is 3.53. The molecule has 2 amide bonds. The number of carbonyl (C=O) groups is 2. The topological polar surface area (TPSA) is 77.9 Å². The number of rotatable bonds is 7. The van der Waals surface area contributed by atoms with Gasteiger partial charge in [0, 0.05) is 29.7 Å². The first-order valence-corrected chi connectivity index (χ1v) is 10.6. The lowest BCUT2D eigenvalue weighted by Gasteiger charge is -2.33. The fourth-order valence-electron chi connectivity index (χ4n) is 3.61. The zero-order valence-electron chi connectivity index (χ0n) is 18.0. The summed E-state index contributed by atoms with van der Waals surface area (Å²) in [6.45, 7) is 11.2. The number of hydrogen-bond donors (Lipinski definition) is 4. The first kappa shape index (κ1) is 21.6. The highest BCUT2D eigenvalue weighted by Crippen LogP contribution is 2.19. The molecule has 7 heteroatoms. The van der Waals surface area contributed by atoms with Crippen LogP contribution in [-0.2, 0) is 9.59 Å². The van der Waals surface area contributed by atoms with Crippen molar-refractivity contribution >= 4 is 34.6 Å². The normalized spacial score (nSPS) is 15.4. The molecule has 4 N–H and O–H groups in total. The Balaban J connectivity index is 1.50. The minimum Gasteiger partial charge on any atom is -0.374 e. The molecular formula is C23H32N5O2+. The molecular weight excluding hydrogens is 378 g/mol. The van der Waals surface area contributed by atoms with E-state index in [9.17, 15) is 9.59 Å². The molecule has 1 saturated heterocycles. The SMILES string of the molecule is CC[NH+]1CCN(c2ccc(N[C@@H](C)C(=O)Nc3ccc(NC(C)=O)cc3)cc2)CC1. The molecule has 0 aromatic heterocycles. The molecule has 0 unspecified atom stereocenters. The zero-order chi connectivity index (χ0) is 21.5. The standard InChI is InChI=1S/C23H31N5O2/c1-4-27-13-15-28(16-14-27)22-11-9-19(10-12-22)24-17(2)23(30)26-21-7-5-20(6-8-21)25-18(3)29/h5-12,17,24H,4,13-16H2,1-3H3,(H,25,29)(H,26,30)/p+1/t17-/m0/s1. The first-order chi connectivity index (χ1) is 14.4. The summed E-state index contributed by atoms with van der Waals surface area (Å²) in [5.74, 6) is -0.245. The maximum atomic E-state index is 12.5. The molecule has 160 valence electrons. The van der Waals surface area contributed by atoms with Crippen molar-refractivity contribution < 1.29 is 14.5 Å². The minimum atomic E-state index is -0.387. The Morgan fingerprint density at radius 2 is 1.47 bits per heavy atom. The van der Waals surface area contributed by atoms with Crippen molar-refractivity contribution in [2.24, 2.45) is 0 Å². The quantitative estimate of drug-likeness (QED) is 0.562. The second-order valence-corrected chi connectivity index (χ2v) is 7.75. The van der Waals surface area contributed by atoms with Gasteiger partial charge in [0.2, 0.25) is 11.8 Å². The van der Waals surface area contributed by atoms with E-state index in [4.69, 9.17) is 0 Å². The molecule has 0 spiro atoms. The molecule has 0 saturated carbocycles. The monoisotopic (exact) mass is 410 g/mol. The van der Waals surface area contributed by atoms with Crippen LogP contribution in [0.4, 0.5) is 22.7 Å². The van der Waals surface area contributed by atoms with Gasteiger partial charge in [-0.15, -0.1) is 0 Å². The maximum absolute atomic E-state index is 12.5. The second-order valence-electron chi connectivity index (χ2n) is 7.75. The molecule has 1 heterocycles. The summed E-state index contributed by atoms with van der Waals surface area (Å²) in [6.07, 6.45) is 0. The molecule has 2 aromatic carbocycles. The summed E-state index contributed by atoms with van der Waals surface area (Å²) in [5, 5.41) is 8.85. The molecule has 1 aliphatic heterocycles. The average Bonchev–Trinajstić information content (AvgIpc) is 2.75. The molecule has 1 fully saturated rings. The number of carbonyl (C=O) groups excluding carboxylic acids is 2. The number of amides is 2. The summed E-state index contributed by atoms with van der Waals surface area (Å²) in [6, 6.07) is 15.0. The largest absolute Gasteiger partial charge is 0.374 e. The van der Waals surface area contributed by atoms with Gasteiger partial charge in [0.05, 0.1) is 32.7 Å². The van der Waals surface area contributed by atoms with Crippen LogP contribution >= 0.6 is 0 Å². The van der Waals surface area contributed by atoms with Gasteiger partial charge in [-0.2, -0.15) is 0 Å². The maximum Gasteiger partial charge on any atom is 0.246 e. The van der Waals surface area contributed by atoms with Crippen LogP contribution in [0, 0.1) is 0 Å². The van der Waals surface area contributed by atoms with Gasteiger partial charge in [-0.1, -0.05) is 0 Å². The Morgan fingerprint density at radius 3 is 2.00 bits per heavy atom. The second kappa shape index (κ2) is 10.1. The van der Waals surface area contributed by atoms with Crippen LogP contribution in [0.5, 0.6) is 0 Å². The highest BCUT2D eigenvalue weighted by atomic mass is 16.2. The molecule has 1 atom stereocenters. The highest BCUT2D eigenvalue weighted by Gasteiger charge is 2.19. The number of quaternary nitrogens is 1. The lowest BCUT2D eigenvalue weighted by Crippen LogP contribution is -3.14. The van der Waals surface area contributed by atoms with Gasteiger partial charge in [-0.25, -0.2) is 0 Å². The van der Waals surface area contributed by atoms with E-state index in [-0.39, 0.29) is 17.9 Å². The number of piperazine rings is 1. The number of hydrogen-bond acceptors (Lipinski definition) is 4. The average molecular weight is 411 g/mol. The Labute approximate surface area is 178 Å². The molecule has 7 nitrogen and oxygen atoms in total. The summed E-state index contributed by atoms with van der Waals surface area (Å²) in [4.78, 5) is 27.7. The minimum absolute atomic E-state index is 0.120. The Bertz CT molecular complexity index is 843. The van der Waals surface area contributed by atoms with Gasteiger partial charge in [0.1, 0.15) is 6.04 Å². The van der Waals surface area contributed by atoms with Crippen molar-refractivity contribution in [3.8, 4) is 0 Å². The van der Waals surface area contributed by atoms with Gasteiger partial charge in [0.15, 0.2) is 0 Å². The lowest BCUT2D eigenvalue weighted by atomic mass is 10.2. The highest BCUT2D eigenvalue weighted by molar-refractivity contribution is 5.96. The van der Waals surface area contributed by atoms with Crippen LogP contribution in [0.1, 0.15) is 20.8 Å². The third-order valence-electron chi connectivity index (χ3n) is 5.45. The third-order valence-corrected chi connectivity index (χ3v) is 5.45. The first-order valence-electron chi connectivity index (χ1n) is 10.6. The molecule has 2 aromatic rings. The molecule has 3 rings (SSSR count). The molecule has 0 radical (unpaired) electrons. The van der Waals surface area contributed by atoms with Crippen LogP contribution in [0.2, 0.25) is 0 Å². The van der Waals surface area contributed by atoms with Crippen LogP contribution in [0.3, 0.4) is 0 Å². The molecule has 0 aliphatic carbocycles. The summed E-state index contributed by atoms with van der Waals surface area (Å²) in [7, 11) is 0. The Morgan fingerprint density at radius 1 is 0.933 bits per heavy atom. The van der Waals surface area contributed by atoms with Crippen molar-refractivity contribution in [3.63, 3.8) is 0 Å². The van der Waals surface area contributed by atoms with Crippen LogP contribution in [0.25, 0.3) is 0 Å². The molecule has 0 bridgehead atoms. The predicted molar refractivity (Wildman–Crippen MR) is 122 cm³/mol. The van der Waals surface area contributed by atoms with Crippen LogP contribution in [-0.4, -0.2) is 50.6 Å². The van der Waals surface area contributed by atoms with Crippen molar-refractivity contribution in [2.75, 3.05) is 53.6 Å². The van der Waals surface area contributed by atoms with E-state index >= 15 is 0 Å². The van der Waals surface area contributed by atoms with Gasteiger partial charge in [-0.3, -0.25) is 9.59 Å². The van der Waals surface area contributed by atoms with E-state index in [2.05, 4.69) is 39.9 Å². The summed E-state index contributed by atoms with van der Waals surface area (Å²) >= 11 is 0. The number of likely N-dealkylation sites (N-methyl/N-ethyl adjacent to an activating group) is 1. The van der Waals surface area contributed by atoms with E-state index < -0.39 is 0 Å². The van der Waals surface area contributed by atoms with Crippen molar-refractivity contribution in [1.82, 2.24) is 0 Å². The summed E-state index contributed by atoms with van der Waals surface area (Å²) < 4.78 is 0. The van der Waals surface area contributed by atoms with Gasteiger partial charge in [-0.05, 0) is 62.4 Å². The van der Waals surface area contributed by atoms with Crippen molar-refractivity contribution in [2.45, 2.75) is 26.8 Å². The Kier molecular flexibility index (Phi) is 7.30. The zero-order valence-corrected chi connectivity index (χ0v) is 18.0. The van der Waals surface area contributed by atoms with E-state index in [1.165, 1.54) is 32.2 Å². The van der Waals surface area contributed by atoms with E-state index in [1.807, 2.05) is 19.1 Å². The smallest absolute Gasteiger partial charge is 0.246 e. The van der Waals surface area contributed by atoms with E-state index in [0.717, 1.165) is 18.8 Å². The van der Waals surface area contributed by atoms with Gasteiger partial charge in [0.25, 0.3) is 0 Å². The molecule has 1 aliphatic rings. The number of anilines is 4. The van der Waals surface area contributed by atoms with Gasteiger partial charge >= 0.3 is 0 Å². The van der Waals surface area contributed by atoms with Crippen LogP contribution < -0.4 is 25.8 Å². The number of nitrogens with zero attached hydrogens (tertiary/aromatic N) is 1. The fourth-order valence-corrected chi connectivity index (χ4v) is 3.61. The van der Waals surface area contributed by atoms with Crippen LogP contribution in [0.15, 0.2) is 48.5 Å². The van der Waals surface area contributed by atoms with E-state index in [0.29, 0.717) is 11.4 Å².